The summed E-state index contributed by atoms with van der Waals surface area (Å²) < 4.78 is 10.2. The van der Waals surface area contributed by atoms with Gasteiger partial charge in [-0.1, -0.05) is 26.0 Å². The number of ether oxygens (including phenoxy) is 2. The number of methoxy groups -OCH3 is 1. The summed E-state index contributed by atoms with van der Waals surface area (Å²) in [6.45, 7) is 6.64. The van der Waals surface area contributed by atoms with Gasteiger partial charge in [-0.3, -0.25) is 4.79 Å². The van der Waals surface area contributed by atoms with E-state index in [9.17, 15) is 4.79 Å². The highest BCUT2D eigenvalue weighted by atomic mass is 16.5. The van der Waals surface area contributed by atoms with Gasteiger partial charge in [-0.05, 0) is 30.0 Å². The van der Waals surface area contributed by atoms with Gasteiger partial charge >= 0.3 is 5.97 Å². The van der Waals surface area contributed by atoms with Crippen LogP contribution in [-0.2, 0) is 9.53 Å². The summed E-state index contributed by atoms with van der Waals surface area (Å²) in [5.41, 5.74) is 2.32. The monoisotopic (exact) mass is 236 g/mol. The van der Waals surface area contributed by atoms with Gasteiger partial charge in [-0.15, -0.1) is 0 Å². The summed E-state index contributed by atoms with van der Waals surface area (Å²) in [4.78, 5) is 11.0. The molecule has 0 N–H and O–H groups in total. The van der Waals surface area contributed by atoms with Gasteiger partial charge in [0.2, 0.25) is 0 Å². The van der Waals surface area contributed by atoms with Crippen LogP contribution >= 0.6 is 0 Å². The second kappa shape index (κ2) is 6.28. The fourth-order valence-corrected chi connectivity index (χ4v) is 1.48. The third-order valence-electron chi connectivity index (χ3n) is 2.67. The molecule has 0 heterocycles. The fraction of sp³-hybridized carbons (Fsp3) is 0.500. The number of esters is 1. The maximum absolute atomic E-state index is 11.0. The molecule has 0 unspecified atom stereocenters. The van der Waals surface area contributed by atoms with E-state index in [1.165, 1.54) is 12.7 Å². The van der Waals surface area contributed by atoms with Crippen molar-refractivity contribution in [3.63, 3.8) is 0 Å². The van der Waals surface area contributed by atoms with Gasteiger partial charge in [0.15, 0.2) is 0 Å². The van der Waals surface area contributed by atoms with Crippen LogP contribution in [0.3, 0.4) is 0 Å². The lowest BCUT2D eigenvalue weighted by atomic mass is 10.0. The van der Waals surface area contributed by atoms with Crippen LogP contribution in [0.25, 0.3) is 0 Å². The molecule has 0 saturated carbocycles. The molecule has 3 heteroatoms. The maximum Gasteiger partial charge on any atom is 0.308 e. The molecule has 0 aliphatic rings. The standard InChI is InChI=1S/C14H20O3/c1-10(2)12-6-5-11(3)13(9-12)17-8-7-14(15)16-4/h5-6,9-10H,7-8H2,1-4H3. The first-order valence-corrected chi connectivity index (χ1v) is 5.84. The van der Waals surface area contributed by atoms with Crippen molar-refractivity contribution < 1.29 is 14.3 Å². The molecule has 3 nitrogen and oxygen atoms in total. The Labute approximate surface area is 103 Å². The third-order valence-corrected chi connectivity index (χ3v) is 2.67. The number of aryl methyl sites for hydroxylation is 1. The summed E-state index contributed by atoms with van der Waals surface area (Å²) in [7, 11) is 1.38. The van der Waals surface area contributed by atoms with E-state index in [1.54, 1.807) is 0 Å². The lowest BCUT2D eigenvalue weighted by Crippen LogP contribution is -2.08. The van der Waals surface area contributed by atoms with Crippen LogP contribution in [-0.4, -0.2) is 19.7 Å². The van der Waals surface area contributed by atoms with Gasteiger partial charge in [0.1, 0.15) is 5.75 Å². The molecule has 0 fully saturated rings. The number of hydrogen-bond donors (Lipinski definition) is 0. The van der Waals surface area contributed by atoms with Crippen molar-refractivity contribution in [3.05, 3.63) is 29.3 Å². The lowest BCUT2D eigenvalue weighted by Gasteiger charge is -2.12. The quantitative estimate of drug-likeness (QED) is 0.737. The molecule has 0 spiro atoms. The average Bonchev–Trinajstić information content (AvgIpc) is 2.30. The van der Waals surface area contributed by atoms with Crippen LogP contribution in [0.1, 0.15) is 37.3 Å². The average molecular weight is 236 g/mol. The van der Waals surface area contributed by atoms with E-state index in [0.717, 1.165) is 11.3 Å². The van der Waals surface area contributed by atoms with Gasteiger partial charge in [-0.2, -0.15) is 0 Å². The summed E-state index contributed by atoms with van der Waals surface area (Å²) in [5, 5.41) is 0. The van der Waals surface area contributed by atoms with E-state index in [2.05, 4.69) is 24.7 Å². The minimum Gasteiger partial charge on any atom is -0.493 e. The Bertz CT molecular complexity index is 383. The second-order valence-corrected chi connectivity index (χ2v) is 4.35. The molecule has 0 aliphatic carbocycles. The van der Waals surface area contributed by atoms with E-state index in [1.807, 2.05) is 19.1 Å². The highest BCUT2D eigenvalue weighted by Gasteiger charge is 2.06. The van der Waals surface area contributed by atoms with Crippen LogP contribution in [0.15, 0.2) is 18.2 Å². The Hall–Kier alpha value is -1.51. The van der Waals surface area contributed by atoms with Crippen LogP contribution < -0.4 is 4.74 Å². The SMILES string of the molecule is COC(=O)CCOc1cc(C(C)C)ccc1C. The third kappa shape index (κ3) is 4.10. The second-order valence-electron chi connectivity index (χ2n) is 4.35. The number of rotatable bonds is 5. The molecule has 1 aromatic rings. The molecular formula is C14H20O3. The van der Waals surface area contributed by atoms with Crippen molar-refractivity contribution in [2.24, 2.45) is 0 Å². The van der Waals surface area contributed by atoms with E-state index in [-0.39, 0.29) is 12.4 Å². The zero-order valence-corrected chi connectivity index (χ0v) is 10.9. The van der Waals surface area contributed by atoms with Crippen molar-refractivity contribution in [2.75, 3.05) is 13.7 Å². The van der Waals surface area contributed by atoms with Gasteiger partial charge in [0, 0.05) is 0 Å². The van der Waals surface area contributed by atoms with Crippen LogP contribution in [0.4, 0.5) is 0 Å². The Balaban J connectivity index is 2.63. The Kier molecular flexibility index (Phi) is 5.01. The number of carbonyl (C=O) groups excluding carboxylic acids is 1. The summed E-state index contributed by atoms with van der Waals surface area (Å²) in [6.07, 6.45) is 0.280. The van der Waals surface area contributed by atoms with E-state index >= 15 is 0 Å². The number of hydrogen-bond acceptors (Lipinski definition) is 3. The first-order chi connectivity index (χ1) is 8.04. The van der Waals surface area contributed by atoms with Crippen LogP contribution in [0, 0.1) is 6.92 Å². The first-order valence-electron chi connectivity index (χ1n) is 5.84. The summed E-state index contributed by atoms with van der Waals surface area (Å²) >= 11 is 0. The zero-order valence-electron chi connectivity index (χ0n) is 10.9. The van der Waals surface area contributed by atoms with Gasteiger partial charge < -0.3 is 9.47 Å². The Morgan fingerprint density at radius 3 is 2.65 bits per heavy atom. The highest BCUT2D eigenvalue weighted by Crippen LogP contribution is 2.24. The molecule has 1 aromatic carbocycles. The normalized spacial score (nSPS) is 10.4. The molecule has 0 aromatic heterocycles. The molecule has 0 radical (unpaired) electrons. The zero-order chi connectivity index (χ0) is 12.8. The minimum atomic E-state index is -0.248. The maximum atomic E-state index is 11.0. The van der Waals surface area contributed by atoms with Crippen LogP contribution in [0.5, 0.6) is 5.75 Å². The van der Waals surface area contributed by atoms with Crippen molar-refractivity contribution in [1.29, 1.82) is 0 Å². The van der Waals surface area contributed by atoms with Crippen molar-refractivity contribution >= 4 is 5.97 Å². The predicted octanol–water partition coefficient (Wildman–Crippen LogP) is 3.06. The Morgan fingerprint density at radius 2 is 2.06 bits per heavy atom. The minimum absolute atomic E-state index is 0.248. The number of benzene rings is 1. The van der Waals surface area contributed by atoms with E-state index in [4.69, 9.17) is 4.74 Å². The molecule has 94 valence electrons. The van der Waals surface area contributed by atoms with Gasteiger partial charge in [0.05, 0.1) is 20.1 Å². The van der Waals surface area contributed by atoms with Crippen molar-refractivity contribution in [2.45, 2.75) is 33.1 Å². The fourth-order valence-electron chi connectivity index (χ4n) is 1.48. The smallest absolute Gasteiger partial charge is 0.308 e. The molecule has 17 heavy (non-hydrogen) atoms. The van der Waals surface area contributed by atoms with E-state index < -0.39 is 0 Å². The van der Waals surface area contributed by atoms with Crippen molar-refractivity contribution in [3.8, 4) is 5.75 Å². The van der Waals surface area contributed by atoms with E-state index in [0.29, 0.717) is 12.5 Å². The Morgan fingerprint density at radius 1 is 1.35 bits per heavy atom. The molecule has 0 bridgehead atoms. The van der Waals surface area contributed by atoms with Gasteiger partial charge in [-0.25, -0.2) is 0 Å². The molecular weight excluding hydrogens is 216 g/mol. The largest absolute Gasteiger partial charge is 0.493 e. The summed E-state index contributed by atoms with van der Waals surface area (Å²) in [6, 6.07) is 6.19. The highest BCUT2D eigenvalue weighted by molar-refractivity contribution is 5.69. The molecule has 0 amide bonds. The van der Waals surface area contributed by atoms with Crippen LogP contribution in [0.2, 0.25) is 0 Å². The predicted molar refractivity (Wildman–Crippen MR) is 67.4 cm³/mol. The molecule has 0 aliphatic heterocycles. The van der Waals surface area contributed by atoms with Gasteiger partial charge in [0.25, 0.3) is 0 Å². The lowest BCUT2D eigenvalue weighted by molar-refractivity contribution is -0.141. The van der Waals surface area contributed by atoms with Crippen molar-refractivity contribution in [1.82, 2.24) is 0 Å². The summed E-state index contributed by atoms with van der Waals surface area (Å²) in [5.74, 6) is 1.07. The molecule has 0 saturated heterocycles. The molecule has 0 atom stereocenters. The molecule has 1 rings (SSSR count). The topological polar surface area (TPSA) is 35.5 Å². The number of carbonyl (C=O) groups is 1. The first kappa shape index (κ1) is 13.6.